The van der Waals surface area contributed by atoms with Gasteiger partial charge in [0.2, 0.25) is 0 Å². The molecule has 2 atom stereocenters. The minimum absolute atomic E-state index is 0.100. The number of hydrogen-bond acceptors (Lipinski definition) is 5. The second kappa shape index (κ2) is 11.9. The molecule has 1 aromatic heterocycles. The summed E-state index contributed by atoms with van der Waals surface area (Å²) in [6.07, 6.45) is -3.50. The Kier molecular flexibility index (Phi) is 9.36. The van der Waals surface area contributed by atoms with Crippen LogP contribution in [-0.4, -0.2) is 25.4 Å². The Morgan fingerprint density at radius 3 is 2.17 bits per heavy atom. The van der Waals surface area contributed by atoms with Crippen LogP contribution in [0, 0.1) is 22.2 Å². The van der Waals surface area contributed by atoms with E-state index in [2.05, 4.69) is 0 Å². The van der Waals surface area contributed by atoms with Gasteiger partial charge in [-0.1, -0.05) is 65.8 Å². The van der Waals surface area contributed by atoms with E-state index in [0.29, 0.717) is 17.4 Å². The van der Waals surface area contributed by atoms with Gasteiger partial charge in [0.1, 0.15) is 30.0 Å². The summed E-state index contributed by atoms with van der Waals surface area (Å²) < 4.78 is 59.2. The summed E-state index contributed by atoms with van der Waals surface area (Å²) >= 11 is 0. The first-order chi connectivity index (χ1) is 18.9. The molecule has 0 aliphatic carbocycles. The van der Waals surface area contributed by atoms with Crippen LogP contribution in [0.25, 0.3) is 22.1 Å². The summed E-state index contributed by atoms with van der Waals surface area (Å²) in [6.45, 7) is 12.6. The number of esters is 1. The van der Waals surface area contributed by atoms with Crippen molar-refractivity contribution in [3.05, 3.63) is 64.5 Å². The van der Waals surface area contributed by atoms with E-state index in [0.717, 1.165) is 24.5 Å². The van der Waals surface area contributed by atoms with Crippen LogP contribution in [0.5, 0.6) is 5.75 Å². The Morgan fingerprint density at radius 1 is 0.927 bits per heavy atom. The second-order valence-corrected chi connectivity index (χ2v) is 12.8. The first kappa shape index (κ1) is 32.2. The molecular weight excluding hydrogens is 533 g/mol. The number of hydrogen-bond donors (Lipinski definition) is 0. The van der Waals surface area contributed by atoms with Gasteiger partial charge in [-0.3, -0.25) is 4.79 Å². The van der Waals surface area contributed by atoms with Crippen molar-refractivity contribution in [1.29, 1.82) is 0 Å². The monoisotopic (exact) mass is 574 g/mol. The Bertz CT molecular complexity index is 1430. The number of ether oxygens (including phenoxy) is 2. The molecule has 0 saturated carbocycles. The van der Waals surface area contributed by atoms with E-state index in [-0.39, 0.29) is 17.3 Å². The van der Waals surface area contributed by atoms with Crippen LogP contribution in [0.1, 0.15) is 67.4 Å². The normalized spacial score (nSPS) is 15.4. The summed E-state index contributed by atoms with van der Waals surface area (Å²) in [6, 6.07) is 13.8. The van der Waals surface area contributed by atoms with Crippen molar-refractivity contribution in [2.24, 2.45) is 22.2 Å². The van der Waals surface area contributed by atoms with Crippen LogP contribution in [0.15, 0.2) is 57.7 Å². The molecule has 224 valence electrons. The van der Waals surface area contributed by atoms with Crippen LogP contribution in [-0.2, 0) is 16.0 Å². The molecule has 0 spiro atoms. The molecule has 0 aliphatic rings. The summed E-state index contributed by atoms with van der Waals surface area (Å²) in [5.41, 5.74) is -2.13. The smallest absolute Gasteiger partial charge is 0.400 e. The van der Waals surface area contributed by atoms with E-state index in [1.165, 1.54) is 12.1 Å². The standard InChI is InChI=1S/C33H41F3O5/c1-9-22-12-10-11-13-25(22)26-16-23-14-15-24(17-27(23)41-28(26)37)39-19-31(7,33(34,35)36)20-40-29(38)32(8,18-21(2)3)30(4,5)6/h10-17,21H,9,18-20H2,1-8H3. The van der Waals surface area contributed by atoms with Gasteiger partial charge in [0, 0.05) is 11.5 Å². The summed E-state index contributed by atoms with van der Waals surface area (Å²) in [5.74, 6) is -0.417. The Balaban J connectivity index is 1.83. The minimum Gasteiger partial charge on any atom is -0.492 e. The fourth-order valence-corrected chi connectivity index (χ4v) is 4.80. The molecule has 0 radical (unpaired) electrons. The van der Waals surface area contributed by atoms with Crippen molar-refractivity contribution >= 4 is 16.9 Å². The molecular formula is C33H41F3O5. The highest BCUT2D eigenvalue weighted by Crippen LogP contribution is 2.46. The molecule has 2 aromatic carbocycles. The fourth-order valence-electron chi connectivity index (χ4n) is 4.80. The number of halogens is 3. The molecule has 8 heteroatoms. The van der Waals surface area contributed by atoms with Crippen molar-refractivity contribution in [3.63, 3.8) is 0 Å². The lowest BCUT2D eigenvalue weighted by atomic mass is 9.64. The Hall–Kier alpha value is -3.29. The second-order valence-electron chi connectivity index (χ2n) is 12.8. The predicted molar refractivity (Wildman–Crippen MR) is 155 cm³/mol. The van der Waals surface area contributed by atoms with Gasteiger partial charge in [-0.2, -0.15) is 13.2 Å². The maximum absolute atomic E-state index is 14.2. The molecule has 0 N–H and O–H groups in total. The Morgan fingerprint density at radius 2 is 1.59 bits per heavy atom. The van der Waals surface area contributed by atoms with Gasteiger partial charge < -0.3 is 13.9 Å². The number of carbonyl (C=O) groups is 1. The van der Waals surface area contributed by atoms with E-state index >= 15 is 0 Å². The first-order valence-electron chi connectivity index (χ1n) is 13.9. The third-order valence-corrected chi connectivity index (χ3v) is 8.08. The van der Waals surface area contributed by atoms with Crippen molar-refractivity contribution in [2.75, 3.05) is 13.2 Å². The molecule has 0 saturated heterocycles. The highest BCUT2D eigenvalue weighted by Gasteiger charge is 2.54. The molecule has 3 aromatic rings. The SMILES string of the molecule is CCc1ccccc1-c1cc2ccc(OCC(C)(COC(=O)C(C)(CC(C)C)C(C)(C)C)C(F)(F)F)cc2oc1=O. The zero-order valence-corrected chi connectivity index (χ0v) is 25.2. The largest absolute Gasteiger partial charge is 0.492 e. The minimum atomic E-state index is -4.71. The first-order valence-corrected chi connectivity index (χ1v) is 13.9. The summed E-state index contributed by atoms with van der Waals surface area (Å²) in [4.78, 5) is 26.0. The highest BCUT2D eigenvalue weighted by atomic mass is 19.4. The average molecular weight is 575 g/mol. The van der Waals surface area contributed by atoms with Crippen LogP contribution in [0.3, 0.4) is 0 Å². The molecule has 1 heterocycles. The zero-order valence-electron chi connectivity index (χ0n) is 25.2. The number of aryl methyl sites for hydroxylation is 1. The van der Waals surface area contributed by atoms with E-state index in [4.69, 9.17) is 13.9 Å². The molecule has 5 nitrogen and oxygen atoms in total. The summed E-state index contributed by atoms with van der Waals surface area (Å²) in [5, 5.41) is 0.608. The van der Waals surface area contributed by atoms with Crippen LogP contribution in [0.2, 0.25) is 0 Å². The number of rotatable bonds is 10. The van der Waals surface area contributed by atoms with Crippen molar-refractivity contribution in [3.8, 4) is 16.9 Å². The average Bonchev–Trinajstić information content (AvgIpc) is 2.88. The number of alkyl halides is 3. The lowest BCUT2D eigenvalue weighted by Crippen LogP contribution is -2.48. The van der Waals surface area contributed by atoms with Crippen LogP contribution < -0.4 is 10.4 Å². The van der Waals surface area contributed by atoms with Crippen molar-refractivity contribution < 1.29 is 31.9 Å². The molecule has 0 fully saturated rings. The molecule has 0 bridgehead atoms. The van der Waals surface area contributed by atoms with Gasteiger partial charge in [0.25, 0.3) is 0 Å². The molecule has 41 heavy (non-hydrogen) atoms. The van der Waals surface area contributed by atoms with Crippen LogP contribution in [0.4, 0.5) is 13.2 Å². The third kappa shape index (κ3) is 6.96. The fraction of sp³-hybridized carbons (Fsp3) is 0.515. The number of fused-ring (bicyclic) bond motifs is 1. The molecule has 3 rings (SSSR count). The Labute approximate surface area is 240 Å². The quantitative estimate of drug-likeness (QED) is 0.179. The van der Waals surface area contributed by atoms with Gasteiger partial charge in [-0.15, -0.1) is 0 Å². The van der Waals surface area contributed by atoms with Gasteiger partial charge in [-0.25, -0.2) is 4.79 Å². The van der Waals surface area contributed by atoms with E-state index in [9.17, 15) is 22.8 Å². The van der Waals surface area contributed by atoms with Gasteiger partial charge >= 0.3 is 17.8 Å². The van der Waals surface area contributed by atoms with E-state index in [1.54, 1.807) is 19.1 Å². The van der Waals surface area contributed by atoms with Crippen molar-refractivity contribution in [2.45, 2.75) is 74.4 Å². The van der Waals surface area contributed by atoms with Gasteiger partial charge in [0.05, 0.1) is 11.0 Å². The van der Waals surface area contributed by atoms with Gasteiger partial charge in [-0.05, 0) is 67.3 Å². The highest BCUT2D eigenvalue weighted by molar-refractivity contribution is 5.83. The van der Waals surface area contributed by atoms with E-state index in [1.807, 2.05) is 65.8 Å². The number of carbonyl (C=O) groups excluding carboxylic acids is 1. The maximum Gasteiger partial charge on any atom is 0.400 e. The molecule has 2 unspecified atom stereocenters. The predicted octanol–water partition coefficient (Wildman–Crippen LogP) is 8.61. The van der Waals surface area contributed by atoms with E-state index < -0.39 is 47.2 Å². The van der Waals surface area contributed by atoms with Gasteiger partial charge in [0.15, 0.2) is 0 Å². The zero-order chi connectivity index (χ0) is 30.8. The number of benzene rings is 2. The molecule has 0 amide bonds. The van der Waals surface area contributed by atoms with Crippen molar-refractivity contribution in [1.82, 2.24) is 0 Å². The van der Waals surface area contributed by atoms with Crippen LogP contribution >= 0.6 is 0 Å². The maximum atomic E-state index is 14.2. The lowest BCUT2D eigenvalue weighted by molar-refractivity contribution is -0.243. The molecule has 0 aliphatic heterocycles. The topological polar surface area (TPSA) is 65.7 Å². The lowest BCUT2D eigenvalue weighted by Gasteiger charge is -2.41. The third-order valence-electron chi connectivity index (χ3n) is 8.08. The summed E-state index contributed by atoms with van der Waals surface area (Å²) in [7, 11) is 0.